The maximum Gasteiger partial charge on any atom is 0.339 e. The highest BCUT2D eigenvalue weighted by Gasteiger charge is 2.25. The number of esters is 1. The summed E-state index contributed by atoms with van der Waals surface area (Å²) in [7, 11) is 0. The first-order valence-electron chi connectivity index (χ1n) is 9.35. The minimum atomic E-state index is -1.18. The fraction of sp³-hybridized carbons (Fsp3) is 0.350. The lowest BCUT2D eigenvalue weighted by atomic mass is 10.1. The lowest BCUT2D eigenvalue weighted by Gasteiger charge is -2.14. The van der Waals surface area contributed by atoms with Crippen molar-refractivity contribution in [1.29, 1.82) is 0 Å². The number of hydrogen-bond donors (Lipinski definition) is 2. The molecular weight excluding hydrogens is 408 g/mol. The molecule has 0 aliphatic rings. The predicted octanol–water partition coefficient (Wildman–Crippen LogP) is 3.27. The van der Waals surface area contributed by atoms with Crippen LogP contribution in [0.1, 0.15) is 39.7 Å². The monoisotopic (exact) mass is 430 g/mol. The van der Waals surface area contributed by atoms with Gasteiger partial charge in [-0.25, -0.2) is 14.6 Å². The topological polar surface area (TPSA) is 123 Å². The van der Waals surface area contributed by atoms with E-state index >= 15 is 0 Å². The van der Waals surface area contributed by atoms with E-state index in [1.165, 1.54) is 6.92 Å². The number of ether oxygens (including phenoxy) is 1. The molecule has 0 aliphatic carbocycles. The van der Waals surface area contributed by atoms with Crippen LogP contribution in [-0.2, 0) is 9.53 Å². The number of urea groups is 1. The SMILES string of the molecule is CCNC(=O)NC(=O)C(C)OC(=O)c1cc(-c2cc(C)sc2C)nc2onc(C)c12. The average Bonchev–Trinajstić information content (AvgIpc) is 3.22. The fourth-order valence-electron chi connectivity index (χ4n) is 2.97. The number of fused-ring (bicyclic) bond motifs is 1. The lowest BCUT2D eigenvalue weighted by Crippen LogP contribution is -2.44. The van der Waals surface area contributed by atoms with Gasteiger partial charge in [0.2, 0.25) is 0 Å². The van der Waals surface area contributed by atoms with Gasteiger partial charge >= 0.3 is 12.0 Å². The smallest absolute Gasteiger partial charge is 0.339 e. The van der Waals surface area contributed by atoms with Gasteiger partial charge in [-0.3, -0.25) is 10.1 Å². The highest BCUT2D eigenvalue weighted by Crippen LogP contribution is 2.33. The van der Waals surface area contributed by atoms with Crippen LogP contribution >= 0.6 is 11.3 Å². The predicted molar refractivity (Wildman–Crippen MR) is 111 cm³/mol. The molecule has 0 aromatic carbocycles. The van der Waals surface area contributed by atoms with Crippen molar-refractivity contribution in [2.45, 2.75) is 40.7 Å². The molecule has 3 amide bonds. The van der Waals surface area contributed by atoms with Gasteiger partial charge in [0.1, 0.15) is 0 Å². The summed E-state index contributed by atoms with van der Waals surface area (Å²) in [6.07, 6.45) is -1.18. The van der Waals surface area contributed by atoms with Crippen LogP contribution in [0.25, 0.3) is 22.4 Å². The normalized spacial score (nSPS) is 11.9. The van der Waals surface area contributed by atoms with Crippen molar-refractivity contribution in [3.05, 3.63) is 33.1 Å². The zero-order chi connectivity index (χ0) is 22.0. The van der Waals surface area contributed by atoms with E-state index < -0.39 is 24.0 Å². The van der Waals surface area contributed by atoms with Crippen LogP contribution < -0.4 is 10.6 Å². The van der Waals surface area contributed by atoms with Gasteiger partial charge in [-0.1, -0.05) is 5.16 Å². The molecule has 0 spiro atoms. The Morgan fingerprint density at radius 3 is 2.60 bits per heavy atom. The third kappa shape index (κ3) is 4.33. The van der Waals surface area contributed by atoms with E-state index in [1.807, 2.05) is 19.9 Å². The first-order chi connectivity index (χ1) is 14.2. The number of thiophene rings is 1. The van der Waals surface area contributed by atoms with Crippen molar-refractivity contribution in [2.75, 3.05) is 6.54 Å². The molecule has 10 heteroatoms. The average molecular weight is 430 g/mol. The maximum absolute atomic E-state index is 12.9. The molecule has 2 N–H and O–H groups in total. The second kappa shape index (κ2) is 8.62. The van der Waals surface area contributed by atoms with Crippen molar-refractivity contribution in [3.8, 4) is 11.3 Å². The van der Waals surface area contributed by atoms with Crippen molar-refractivity contribution in [2.24, 2.45) is 0 Å². The third-order valence-corrected chi connectivity index (χ3v) is 5.35. The van der Waals surface area contributed by atoms with Gasteiger partial charge < -0.3 is 14.6 Å². The second-order valence-corrected chi connectivity index (χ2v) is 8.19. The van der Waals surface area contributed by atoms with Gasteiger partial charge in [0.05, 0.1) is 22.3 Å². The molecule has 0 saturated carbocycles. The summed E-state index contributed by atoms with van der Waals surface area (Å²) >= 11 is 1.62. The molecule has 158 valence electrons. The molecule has 0 saturated heterocycles. The summed E-state index contributed by atoms with van der Waals surface area (Å²) in [5.41, 5.74) is 2.30. The number of aryl methyl sites for hydroxylation is 3. The number of amides is 3. The van der Waals surface area contributed by atoms with Crippen molar-refractivity contribution < 1.29 is 23.6 Å². The number of rotatable bonds is 5. The standard InChI is InChI=1S/C20H22N4O5S/c1-6-21-20(27)23-17(25)11(4)28-19(26)14-8-15(13-7-9(2)30-12(13)5)22-18-16(14)10(3)24-29-18/h7-8,11H,6H2,1-5H3,(H2,21,23,25,27). The number of pyridine rings is 1. The summed E-state index contributed by atoms with van der Waals surface area (Å²) in [5.74, 6) is -1.47. The summed E-state index contributed by atoms with van der Waals surface area (Å²) < 4.78 is 10.6. The molecule has 3 aromatic rings. The quantitative estimate of drug-likeness (QED) is 0.595. The molecule has 0 aliphatic heterocycles. The van der Waals surface area contributed by atoms with Gasteiger partial charge in [0, 0.05) is 21.9 Å². The summed E-state index contributed by atoms with van der Waals surface area (Å²) in [6, 6.07) is 2.93. The van der Waals surface area contributed by atoms with Gasteiger partial charge in [0.25, 0.3) is 11.6 Å². The van der Waals surface area contributed by atoms with E-state index in [9.17, 15) is 14.4 Å². The van der Waals surface area contributed by atoms with E-state index in [2.05, 4.69) is 20.8 Å². The summed E-state index contributed by atoms with van der Waals surface area (Å²) in [4.78, 5) is 43.2. The number of aromatic nitrogens is 2. The van der Waals surface area contributed by atoms with E-state index in [0.717, 1.165) is 15.3 Å². The highest BCUT2D eigenvalue weighted by atomic mass is 32.1. The van der Waals surface area contributed by atoms with Crippen molar-refractivity contribution in [3.63, 3.8) is 0 Å². The van der Waals surface area contributed by atoms with Crippen LogP contribution in [0.2, 0.25) is 0 Å². The van der Waals surface area contributed by atoms with Gasteiger partial charge in [0.15, 0.2) is 6.10 Å². The Bertz CT molecular complexity index is 1130. The number of nitrogens with one attached hydrogen (secondary N) is 2. The zero-order valence-electron chi connectivity index (χ0n) is 17.3. The molecule has 0 fully saturated rings. The minimum absolute atomic E-state index is 0.190. The van der Waals surface area contributed by atoms with Crippen LogP contribution in [0.3, 0.4) is 0 Å². The first kappa shape index (κ1) is 21.4. The number of imide groups is 1. The molecule has 30 heavy (non-hydrogen) atoms. The zero-order valence-corrected chi connectivity index (χ0v) is 18.1. The Morgan fingerprint density at radius 2 is 1.97 bits per heavy atom. The Kier molecular flexibility index (Phi) is 6.16. The van der Waals surface area contributed by atoms with Gasteiger partial charge in [-0.15, -0.1) is 11.3 Å². The Labute approximate surface area is 176 Å². The molecule has 9 nitrogen and oxygen atoms in total. The second-order valence-electron chi connectivity index (χ2n) is 6.73. The van der Waals surface area contributed by atoms with E-state index in [-0.39, 0.29) is 11.3 Å². The fourth-order valence-corrected chi connectivity index (χ4v) is 3.91. The van der Waals surface area contributed by atoms with Crippen LogP contribution in [0, 0.1) is 20.8 Å². The third-order valence-electron chi connectivity index (χ3n) is 4.38. The first-order valence-corrected chi connectivity index (χ1v) is 10.2. The van der Waals surface area contributed by atoms with Gasteiger partial charge in [-0.05, 0) is 46.8 Å². The Morgan fingerprint density at radius 1 is 1.23 bits per heavy atom. The van der Waals surface area contributed by atoms with E-state index in [4.69, 9.17) is 9.26 Å². The number of nitrogens with zero attached hydrogens (tertiary/aromatic N) is 2. The molecule has 0 bridgehead atoms. The summed E-state index contributed by atoms with van der Waals surface area (Å²) in [6.45, 7) is 9.11. The highest BCUT2D eigenvalue weighted by molar-refractivity contribution is 7.12. The van der Waals surface area contributed by atoms with Crippen molar-refractivity contribution in [1.82, 2.24) is 20.8 Å². The molecule has 1 unspecified atom stereocenters. The van der Waals surface area contributed by atoms with Crippen molar-refractivity contribution >= 4 is 40.3 Å². The van der Waals surface area contributed by atoms with Crippen LogP contribution in [-0.4, -0.2) is 40.7 Å². The molecular formula is C20H22N4O5S. The maximum atomic E-state index is 12.9. The molecule has 3 heterocycles. The van der Waals surface area contributed by atoms with Gasteiger partial charge in [-0.2, -0.15) is 0 Å². The minimum Gasteiger partial charge on any atom is -0.449 e. The Balaban J connectivity index is 1.93. The molecule has 1 atom stereocenters. The van der Waals surface area contributed by atoms with E-state index in [1.54, 1.807) is 31.3 Å². The van der Waals surface area contributed by atoms with Crippen LogP contribution in [0.5, 0.6) is 0 Å². The molecule has 3 rings (SSSR count). The number of carbonyl (C=O) groups is 3. The van der Waals surface area contributed by atoms with Crippen LogP contribution in [0.15, 0.2) is 16.7 Å². The Hall–Kier alpha value is -3.27. The number of hydrogen-bond acceptors (Lipinski definition) is 8. The number of carbonyl (C=O) groups excluding carboxylic acids is 3. The lowest BCUT2D eigenvalue weighted by molar-refractivity contribution is -0.127. The summed E-state index contributed by atoms with van der Waals surface area (Å²) in [5, 5.41) is 8.88. The molecule has 0 radical (unpaired) electrons. The van der Waals surface area contributed by atoms with E-state index in [0.29, 0.717) is 23.3 Å². The molecule has 3 aromatic heterocycles. The largest absolute Gasteiger partial charge is 0.449 e. The van der Waals surface area contributed by atoms with Crippen LogP contribution in [0.4, 0.5) is 4.79 Å².